The minimum atomic E-state index is -1.06. The Balaban J connectivity index is 2.55. The molecule has 0 aliphatic heterocycles. The number of hydrogen-bond donors (Lipinski definition) is 3. The fourth-order valence-corrected chi connectivity index (χ4v) is 2.33. The maximum absolute atomic E-state index is 11.7. The molecule has 0 aliphatic carbocycles. The summed E-state index contributed by atoms with van der Waals surface area (Å²) in [6.07, 6.45) is 0.210. The summed E-state index contributed by atoms with van der Waals surface area (Å²) >= 11 is 4.51. The van der Waals surface area contributed by atoms with Gasteiger partial charge in [0, 0.05) is 16.6 Å². The lowest BCUT2D eigenvalue weighted by Gasteiger charge is -2.08. The first-order valence-electron chi connectivity index (χ1n) is 5.59. The van der Waals surface area contributed by atoms with Crippen LogP contribution in [0.15, 0.2) is 22.7 Å². The average molecular weight is 361 g/mol. The van der Waals surface area contributed by atoms with Crippen molar-refractivity contribution < 1.29 is 19.5 Å². The van der Waals surface area contributed by atoms with Crippen molar-refractivity contribution in [1.82, 2.24) is 0 Å². The Bertz CT molecular complexity index is 536. The largest absolute Gasteiger partial charge is 0.478 e. The van der Waals surface area contributed by atoms with Crippen molar-refractivity contribution in [3.8, 4) is 0 Å². The molecule has 2 amide bonds. The summed E-state index contributed by atoms with van der Waals surface area (Å²) < 4.78 is 0.598. The molecule has 1 aromatic rings. The van der Waals surface area contributed by atoms with Gasteiger partial charge in [-0.15, -0.1) is 0 Å². The van der Waals surface area contributed by atoms with Crippen LogP contribution in [0, 0.1) is 0 Å². The number of rotatable bonds is 7. The van der Waals surface area contributed by atoms with Crippen LogP contribution in [0.25, 0.3) is 0 Å². The Labute approximate surface area is 128 Å². The molecule has 0 spiro atoms. The minimum Gasteiger partial charge on any atom is -0.478 e. The first kappa shape index (κ1) is 16.5. The van der Waals surface area contributed by atoms with Crippen LogP contribution in [0.4, 0.5) is 5.69 Å². The smallest absolute Gasteiger partial charge is 0.335 e. The molecule has 8 heteroatoms. The first-order chi connectivity index (χ1) is 9.40. The van der Waals surface area contributed by atoms with Crippen molar-refractivity contribution in [2.24, 2.45) is 5.73 Å². The lowest BCUT2D eigenvalue weighted by molar-refractivity contribution is -0.116. The predicted octanol–water partition coefficient (Wildman–Crippen LogP) is 1.69. The van der Waals surface area contributed by atoms with E-state index >= 15 is 0 Å². The van der Waals surface area contributed by atoms with E-state index in [1.807, 2.05) is 0 Å². The molecule has 0 unspecified atom stereocenters. The molecule has 1 aromatic carbocycles. The van der Waals surface area contributed by atoms with Gasteiger partial charge in [-0.1, -0.05) is 0 Å². The van der Waals surface area contributed by atoms with Gasteiger partial charge < -0.3 is 16.2 Å². The second kappa shape index (κ2) is 7.91. The molecule has 6 nitrogen and oxygen atoms in total. The number of nitrogens with one attached hydrogen (secondary N) is 1. The molecule has 4 N–H and O–H groups in total. The van der Waals surface area contributed by atoms with Crippen LogP contribution in [0.2, 0.25) is 0 Å². The summed E-state index contributed by atoms with van der Waals surface area (Å²) in [6.45, 7) is 0. The van der Waals surface area contributed by atoms with E-state index in [-0.39, 0.29) is 23.6 Å². The van der Waals surface area contributed by atoms with E-state index in [2.05, 4.69) is 21.2 Å². The number of carbonyl (C=O) groups excluding carboxylic acids is 2. The predicted molar refractivity (Wildman–Crippen MR) is 80.9 cm³/mol. The number of benzene rings is 1. The molecular formula is C12H13BrN2O4S. The number of carbonyl (C=O) groups is 3. The van der Waals surface area contributed by atoms with Crippen LogP contribution in [-0.4, -0.2) is 34.4 Å². The Kier molecular flexibility index (Phi) is 6.53. The molecule has 0 radical (unpaired) electrons. The number of primary amides is 1. The Morgan fingerprint density at radius 1 is 1.35 bits per heavy atom. The highest BCUT2D eigenvalue weighted by Crippen LogP contribution is 2.24. The summed E-state index contributed by atoms with van der Waals surface area (Å²) in [5.41, 5.74) is 5.46. The van der Waals surface area contributed by atoms with Crippen molar-refractivity contribution in [3.05, 3.63) is 28.2 Å². The Morgan fingerprint density at radius 3 is 2.65 bits per heavy atom. The zero-order chi connectivity index (χ0) is 15.1. The Morgan fingerprint density at radius 2 is 2.05 bits per heavy atom. The molecule has 0 saturated carbocycles. The molecule has 1 rings (SSSR count). The third-order valence-corrected chi connectivity index (χ3v) is 3.88. The summed E-state index contributed by atoms with van der Waals surface area (Å²) in [6, 6.07) is 4.37. The second-order valence-corrected chi connectivity index (χ2v) is 5.78. The number of amides is 2. The van der Waals surface area contributed by atoms with Crippen molar-refractivity contribution >= 4 is 51.2 Å². The quantitative estimate of drug-likeness (QED) is 0.641. The molecule has 108 valence electrons. The highest BCUT2D eigenvalue weighted by Gasteiger charge is 2.10. The van der Waals surface area contributed by atoms with Crippen LogP contribution >= 0.6 is 27.7 Å². The fourth-order valence-electron chi connectivity index (χ4n) is 1.30. The van der Waals surface area contributed by atoms with Crippen molar-refractivity contribution in [1.29, 1.82) is 0 Å². The zero-order valence-electron chi connectivity index (χ0n) is 10.4. The number of nitrogens with two attached hydrogens (primary N) is 1. The van der Waals surface area contributed by atoms with Crippen LogP contribution in [0.1, 0.15) is 16.8 Å². The molecule has 20 heavy (non-hydrogen) atoms. The minimum absolute atomic E-state index is 0.0894. The van der Waals surface area contributed by atoms with E-state index < -0.39 is 11.9 Å². The molecule has 0 heterocycles. The number of hydrogen-bond acceptors (Lipinski definition) is 4. The monoisotopic (exact) mass is 360 g/mol. The molecule has 0 saturated heterocycles. The highest BCUT2D eigenvalue weighted by molar-refractivity contribution is 9.10. The standard InChI is InChI=1S/C12H13BrN2O4S/c13-8-2-1-7(12(18)19)5-9(8)15-11(17)3-4-20-6-10(14)16/h1-2,5H,3-4,6H2,(H2,14,16)(H,15,17)(H,18,19). The number of carboxylic acids is 1. The van der Waals surface area contributed by atoms with Gasteiger partial charge in [-0.2, -0.15) is 11.8 Å². The van der Waals surface area contributed by atoms with Gasteiger partial charge in [0.05, 0.1) is 17.0 Å². The van der Waals surface area contributed by atoms with Crippen LogP contribution in [0.5, 0.6) is 0 Å². The summed E-state index contributed by atoms with van der Waals surface area (Å²) in [5.74, 6) is -1.11. The van der Waals surface area contributed by atoms with Gasteiger partial charge in [0.1, 0.15) is 0 Å². The number of anilines is 1. The average Bonchev–Trinajstić information content (AvgIpc) is 2.37. The van der Waals surface area contributed by atoms with E-state index in [4.69, 9.17) is 10.8 Å². The molecule has 0 atom stereocenters. The SMILES string of the molecule is NC(=O)CSCCC(=O)Nc1cc(C(=O)O)ccc1Br. The van der Waals surface area contributed by atoms with Crippen LogP contribution in [-0.2, 0) is 9.59 Å². The van der Waals surface area contributed by atoms with Crippen LogP contribution in [0.3, 0.4) is 0 Å². The van der Waals surface area contributed by atoms with Crippen molar-refractivity contribution in [2.75, 3.05) is 16.8 Å². The van der Waals surface area contributed by atoms with Crippen molar-refractivity contribution in [3.63, 3.8) is 0 Å². The molecule has 0 aromatic heterocycles. The van der Waals surface area contributed by atoms with E-state index in [0.29, 0.717) is 15.9 Å². The van der Waals surface area contributed by atoms with Gasteiger partial charge in [-0.25, -0.2) is 4.79 Å². The lowest BCUT2D eigenvalue weighted by Crippen LogP contribution is -2.16. The number of halogens is 1. The number of thioether (sulfide) groups is 1. The summed E-state index contributed by atoms with van der Waals surface area (Å²) in [5, 5.41) is 11.5. The van der Waals surface area contributed by atoms with Gasteiger partial charge in [0.2, 0.25) is 11.8 Å². The fraction of sp³-hybridized carbons (Fsp3) is 0.250. The highest BCUT2D eigenvalue weighted by atomic mass is 79.9. The summed E-state index contributed by atoms with van der Waals surface area (Å²) in [7, 11) is 0. The first-order valence-corrected chi connectivity index (χ1v) is 7.53. The van der Waals surface area contributed by atoms with E-state index in [1.165, 1.54) is 23.9 Å². The van der Waals surface area contributed by atoms with E-state index in [1.54, 1.807) is 6.07 Å². The molecule has 0 fully saturated rings. The normalized spacial score (nSPS) is 10.1. The van der Waals surface area contributed by atoms with Gasteiger partial charge >= 0.3 is 5.97 Å². The van der Waals surface area contributed by atoms with E-state index in [9.17, 15) is 14.4 Å². The lowest BCUT2D eigenvalue weighted by atomic mass is 10.2. The summed E-state index contributed by atoms with van der Waals surface area (Å²) in [4.78, 5) is 33.1. The topological polar surface area (TPSA) is 109 Å². The van der Waals surface area contributed by atoms with Gasteiger partial charge in [0.25, 0.3) is 0 Å². The molecule has 0 aliphatic rings. The molecular weight excluding hydrogens is 348 g/mol. The number of aromatic carboxylic acids is 1. The van der Waals surface area contributed by atoms with Crippen LogP contribution < -0.4 is 11.1 Å². The Hall–Kier alpha value is -1.54. The third-order valence-electron chi connectivity index (χ3n) is 2.21. The van der Waals surface area contributed by atoms with Gasteiger partial charge in [-0.3, -0.25) is 9.59 Å². The van der Waals surface area contributed by atoms with Gasteiger partial charge in [0.15, 0.2) is 0 Å². The molecule has 0 bridgehead atoms. The third kappa shape index (κ3) is 5.62. The zero-order valence-corrected chi connectivity index (χ0v) is 12.8. The van der Waals surface area contributed by atoms with E-state index in [0.717, 1.165) is 0 Å². The van der Waals surface area contributed by atoms with Gasteiger partial charge in [-0.05, 0) is 34.1 Å². The maximum atomic E-state index is 11.7. The maximum Gasteiger partial charge on any atom is 0.335 e. The van der Waals surface area contributed by atoms with Crippen molar-refractivity contribution in [2.45, 2.75) is 6.42 Å². The number of carboxylic acid groups (broad SMARTS) is 1. The second-order valence-electron chi connectivity index (χ2n) is 3.82.